The molecule has 2 aliphatic rings. The van der Waals surface area contributed by atoms with Crippen LogP contribution in [0.3, 0.4) is 0 Å². The number of rotatable bonds is 1. The minimum atomic E-state index is -0.763. The fraction of sp³-hybridized carbons (Fsp3) is 0.846. The number of hydrogen-bond donors (Lipinski definition) is 2. The number of piperidine rings is 2. The lowest BCUT2D eigenvalue weighted by Gasteiger charge is -2.40. The Morgan fingerprint density at radius 2 is 1.53 bits per heavy atom. The molecular weight excluding hydrogens is 248 g/mol. The van der Waals surface area contributed by atoms with Gasteiger partial charge in [0.2, 0.25) is 0 Å². The molecule has 0 aromatic carbocycles. The van der Waals surface area contributed by atoms with Crippen molar-refractivity contribution in [2.45, 2.75) is 38.2 Å². The van der Waals surface area contributed by atoms with E-state index >= 15 is 0 Å². The Morgan fingerprint density at radius 3 is 2.00 bits per heavy atom. The maximum Gasteiger partial charge on any atom is 0.320 e. The number of carboxylic acids is 1. The van der Waals surface area contributed by atoms with Crippen molar-refractivity contribution >= 4 is 12.0 Å². The van der Waals surface area contributed by atoms with Gasteiger partial charge in [-0.3, -0.25) is 4.79 Å². The van der Waals surface area contributed by atoms with E-state index in [9.17, 15) is 14.7 Å². The molecule has 0 spiro atoms. The van der Waals surface area contributed by atoms with Gasteiger partial charge < -0.3 is 20.0 Å². The summed E-state index contributed by atoms with van der Waals surface area (Å²) in [6.45, 7) is 3.98. The molecule has 108 valence electrons. The molecule has 19 heavy (non-hydrogen) atoms. The van der Waals surface area contributed by atoms with Crippen LogP contribution in [-0.2, 0) is 4.79 Å². The largest absolute Gasteiger partial charge is 0.481 e. The zero-order valence-electron chi connectivity index (χ0n) is 11.3. The number of amides is 2. The molecule has 0 saturated carbocycles. The topological polar surface area (TPSA) is 81.1 Å². The van der Waals surface area contributed by atoms with Crippen LogP contribution in [0.15, 0.2) is 0 Å². The summed E-state index contributed by atoms with van der Waals surface area (Å²) < 4.78 is 0. The normalized spacial score (nSPS) is 24.3. The third-order valence-corrected chi connectivity index (χ3v) is 4.23. The molecule has 2 rings (SSSR count). The molecular formula is C13H22N2O4. The highest BCUT2D eigenvalue weighted by Gasteiger charge is 2.33. The van der Waals surface area contributed by atoms with Crippen LogP contribution in [0.5, 0.6) is 0 Å². The summed E-state index contributed by atoms with van der Waals surface area (Å²) in [5.41, 5.74) is -0.660. The average molecular weight is 270 g/mol. The Morgan fingerprint density at radius 1 is 1.05 bits per heavy atom. The third-order valence-electron chi connectivity index (χ3n) is 4.23. The Kier molecular flexibility index (Phi) is 3.99. The summed E-state index contributed by atoms with van der Waals surface area (Å²) >= 11 is 0. The number of likely N-dealkylation sites (tertiary alicyclic amines) is 2. The molecule has 6 nitrogen and oxygen atoms in total. The summed E-state index contributed by atoms with van der Waals surface area (Å²) in [5.74, 6) is -1.08. The SMILES string of the molecule is CC1(O)CCN(C(=O)N2CCC(C(=O)O)CC2)CC1. The Hall–Kier alpha value is -1.30. The van der Waals surface area contributed by atoms with E-state index in [0.29, 0.717) is 51.9 Å². The highest BCUT2D eigenvalue weighted by Crippen LogP contribution is 2.24. The monoisotopic (exact) mass is 270 g/mol. The molecule has 2 amide bonds. The average Bonchev–Trinajstić information content (AvgIpc) is 2.38. The number of aliphatic carboxylic acids is 1. The van der Waals surface area contributed by atoms with E-state index in [0.717, 1.165) is 0 Å². The summed E-state index contributed by atoms with van der Waals surface area (Å²) in [4.78, 5) is 26.6. The van der Waals surface area contributed by atoms with Crippen molar-refractivity contribution in [1.82, 2.24) is 9.80 Å². The Labute approximate surface area is 113 Å². The first-order valence-corrected chi connectivity index (χ1v) is 6.88. The van der Waals surface area contributed by atoms with Crippen LogP contribution >= 0.6 is 0 Å². The number of hydrogen-bond acceptors (Lipinski definition) is 3. The van der Waals surface area contributed by atoms with Gasteiger partial charge in [-0.05, 0) is 32.6 Å². The standard InChI is InChI=1S/C13H22N2O4/c1-13(19)4-8-15(9-5-13)12(18)14-6-2-10(3-7-14)11(16)17/h10,19H,2-9H2,1H3,(H,16,17). The van der Waals surface area contributed by atoms with Gasteiger partial charge in [-0.15, -0.1) is 0 Å². The van der Waals surface area contributed by atoms with E-state index in [1.807, 2.05) is 0 Å². The maximum atomic E-state index is 12.3. The number of aliphatic hydroxyl groups is 1. The first-order valence-electron chi connectivity index (χ1n) is 6.88. The van der Waals surface area contributed by atoms with Crippen LogP contribution in [0, 0.1) is 5.92 Å². The summed E-state index contributed by atoms with van der Waals surface area (Å²) in [6, 6.07) is -0.0145. The van der Waals surface area contributed by atoms with Gasteiger partial charge in [0, 0.05) is 26.2 Å². The second kappa shape index (κ2) is 5.36. The summed E-state index contributed by atoms with van der Waals surface area (Å²) in [6.07, 6.45) is 2.27. The zero-order chi connectivity index (χ0) is 14.0. The first-order chi connectivity index (χ1) is 8.89. The van der Waals surface area contributed by atoms with Crippen molar-refractivity contribution in [3.63, 3.8) is 0 Å². The van der Waals surface area contributed by atoms with Gasteiger partial charge in [-0.1, -0.05) is 0 Å². The minimum absolute atomic E-state index is 0.0145. The van der Waals surface area contributed by atoms with Crippen LogP contribution in [0.4, 0.5) is 4.79 Å². The van der Waals surface area contributed by atoms with Gasteiger partial charge in [0.05, 0.1) is 11.5 Å². The highest BCUT2D eigenvalue weighted by atomic mass is 16.4. The molecule has 0 atom stereocenters. The van der Waals surface area contributed by atoms with Gasteiger partial charge in [0.1, 0.15) is 0 Å². The predicted octanol–water partition coefficient (Wildman–Crippen LogP) is 0.750. The molecule has 2 N–H and O–H groups in total. The fourth-order valence-electron chi connectivity index (χ4n) is 2.70. The molecule has 6 heteroatoms. The van der Waals surface area contributed by atoms with E-state index in [4.69, 9.17) is 5.11 Å². The molecule has 2 fully saturated rings. The molecule has 2 saturated heterocycles. The summed E-state index contributed by atoms with van der Waals surface area (Å²) in [7, 11) is 0. The van der Waals surface area contributed by atoms with Gasteiger partial charge in [-0.2, -0.15) is 0 Å². The van der Waals surface area contributed by atoms with Crippen molar-refractivity contribution < 1.29 is 19.8 Å². The second-order valence-corrected chi connectivity index (χ2v) is 5.87. The molecule has 0 aliphatic carbocycles. The third kappa shape index (κ3) is 3.37. The van der Waals surface area contributed by atoms with Crippen LogP contribution < -0.4 is 0 Å². The lowest BCUT2D eigenvalue weighted by atomic mass is 9.94. The number of urea groups is 1. The molecule has 2 aliphatic heterocycles. The van der Waals surface area contributed by atoms with Gasteiger partial charge in [0.25, 0.3) is 0 Å². The highest BCUT2D eigenvalue weighted by molar-refractivity contribution is 5.75. The van der Waals surface area contributed by atoms with E-state index in [1.165, 1.54) is 0 Å². The van der Waals surface area contributed by atoms with E-state index in [2.05, 4.69) is 0 Å². The van der Waals surface area contributed by atoms with Crippen molar-refractivity contribution in [2.24, 2.45) is 5.92 Å². The lowest BCUT2D eigenvalue weighted by molar-refractivity contribution is -0.143. The second-order valence-electron chi connectivity index (χ2n) is 5.87. The predicted molar refractivity (Wildman–Crippen MR) is 68.8 cm³/mol. The number of carboxylic acid groups (broad SMARTS) is 1. The molecule has 2 heterocycles. The number of carbonyl (C=O) groups is 2. The van der Waals surface area contributed by atoms with E-state index in [-0.39, 0.29) is 11.9 Å². The molecule has 0 unspecified atom stereocenters. The number of carbonyl (C=O) groups excluding carboxylic acids is 1. The zero-order valence-corrected chi connectivity index (χ0v) is 11.3. The van der Waals surface area contributed by atoms with Crippen molar-refractivity contribution in [2.75, 3.05) is 26.2 Å². The van der Waals surface area contributed by atoms with Crippen molar-refractivity contribution in [1.29, 1.82) is 0 Å². The molecule has 0 bridgehead atoms. The molecule has 0 aromatic heterocycles. The first kappa shape index (κ1) is 14.1. The Balaban J connectivity index is 1.83. The van der Waals surface area contributed by atoms with Crippen LogP contribution in [0.2, 0.25) is 0 Å². The van der Waals surface area contributed by atoms with Crippen molar-refractivity contribution in [3.05, 3.63) is 0 Å². The molecule has 0 aromatic rings. The van der Waals surface area contributed by atoms with Gasteiger partial charge in [-0.25, -0.2) is 4.79 Å². The maximum absolute atomic E-state index is 12.3. The van der Waals surface area contributed by atoms with Crippen molar-refractivity contribution in [3.8, 4) is 0 Å². The summed E-state index contributed by atoms with van der Waals surface area (Å²) in [5, 5.41) is 18.8. The Bertz CT molecular complexity index is 352. The van der Waals surface area contributed by atoms with Crippen LogP contribution in [0.25, 0.3) is 0 Å². The smallest absolute Gasteiger partial charge is 0.320 e. The van der Waals surface area contributed by atoms with Gasteiger partial charge in [0.15, 0.2) is 0 Å². The lowest BCUT2D eigenvalue weighted by Crippen LogP contribution is -2.52. The molecule has 0 radical (unpaired) electrons. The fourth-order valence-corrected chi connectivity index (χ4v) is 2.70. The van der Waals surface area contributed by atoms with E-state index in [1.54, 1.807) is 16.7 Å². The van der Waals surface area contributed by atoms with Crippen LogP contribution in [-0.4, -0.2) is 63.8 Å². The minimum Gasteiger partial charge on any atom is -0.481 e. The van der Waals surface area contributed by atoms with Crippen LogP contribution in [0.1, 0.15) is 32.6 Å². The quantitative estimate of drug-likeness (QED) is 0.736. The van der Waals surface area contributed by atoms with Gasteiger partial charge >= 0.3 is 12.0 Å². The number of nitrogens with zero attached hydrogens (tertiary/aromatic N) is 2. The van der Waals surface area contributed by atoms with E-state index < -0.39 is 11.6 Å².